The minimum atomic E-state index is -0.795. The van der Waals surface area contributed by atoms with Gasteiger partial charge >= 0.3 is 5.97 Å². The van der Waals surface area contributed by atoms with E-state index in [1.54, 1.807) is 6.92 Å². The average Bonchev–Trinajstić information content (AvgIpc) is 2.45. The van der Waals surface area contributed by atoms with E-state index in [4.69, 9.17) is 5.26 Å². The molecule has 1 aromatic carbocycles. The molecule has 1 aromatic rings. The first-order chi connectivity index (χ1) is 9.58. The minimum absolute atomic E-state index is 0.172. The molecular weight excluding hydrogens is 256 g/mol. The van der Waals surface area contributed by atoms with Crippen molar-refractivity contribution in [2.75, 3.05) is 7.11 Å². The first-order valence-corrected chi connectivity index (χ1v) is 6.36. The number of benzene rings is 1. The Balaban J connectivity index is 2.67. The normalized spacial score (nSPS) is 12.8. The first kappa shape index (κ1) is 15.7. The highest BCUT2D eigenvalue weighted by atomic mass is 16.5. The maximum absolute atomic E-state index is 12.0. The van der Waals surface area contributed by atoms with Gasteiger partial charge in [0.1, 0.15) is 6.04 Å². The molecule has 1 N–H and O–H groups in total. The van der Waals surface area contributed by atoms with Gasteiger partial charge in [-0.25, -0.2) is 4.79 Å². The SMILES string of the molecule is COC(=O)[C@H](NC(=O)Cc1ccccc1)[C@H](C)CC#N. The number of rotatable bonds is 6. The molecule has 2 atom stereocenters. The van der Waals surface area contributed by atoms with Crippen molar-refractivity contribution in [1.29, 1.82) is 5.26 Å². The lowest BCUT2D eigenvalue weighted by Gasteiger charge is -2.21. The highest BCUT2D eigenvalue weighted by Gasteiger charge is 2.27. The largest absolute Gasteiger partial charge is 0.467 e. The summed E-state index contributed by atoms with van der Waals surface area (Å²) in [5, 5.41) is 11.3. The molecule has 0 fully saturated rings. The van der Waals surface area contributed by atoms with Gasteiger partial charge in [-0.3, -0.25) is 4.79 Å². The van der Waals surface area contributed by atoms with Gasteiger partial charge in [0.25, 0.3) is 0 Å². The van der Waals surface area contributed by atoms with Gasteiger partial charge < -0.3 is 10.1 Å². The molecule has 0 heterocycles. The van der Waals surface area contributed by atoms with E-state index < -0.39 is 12.0 Å². The van der Waals surface area contributed by atoms with E-state index in [1.165, 1.54) is 7.11 Å². The number of nitriles is 1. The number of carbonyl (C=O) groups excluding carboxylic acids is 2. The van der Waals surface area contributed by atoms with E-state index in [2.05, 4.69) is 10.1 Å². The van der Waals surface area contributed by atoms with Gasteiger partial charge in [0.05, 0.1) is 19.6 Å². The van der Waals surface area contributed by atoms with Crippen LogP contribution in [0.25, 0.3) is 0 Å². The predicted octanol–water partition coefficient (Wildman–Crippen LogP) is 1.44. The molecular formula is C15H18N2O3. The zero-order chi connectivity index (χ0) is 15.0. The topological polar surface area (TPSA) is 79.2 Å². The summed E-state index contributed by atoms with van der Waals surface area (Å²) >= 11 is 0. The third kappa shape index (κ3) is 4.73. The molecule has 106 valence electrons. The molecule has 0 radical (unpaired) electrons. The summed E-state index contributed by atoms with van der Waals surface area (Å²) in [6, 6.07) is 10.4. The fourth-order valence-corrected chi connectivity index (χ4v) is 1.83. The molecule has 20 heavy (non-hydrogen) atoms. The molecule has 0 aliphatic carbocycles. The number of nitrogens with zero attached hydrogens (tertiary/aromatic N) is 1. The molecule has 5 nitrogen and oxygen atoms in total. The molecule has 0 bridgehead atoms. The maximum Gasteiger partial charge on any atom is 0.328 e. The molecule has 0 saturated carbocycles. The lowest BCUT2D eigenvalue weighted by molar-refractivity contribution is -0.146. The van der Waals surface area contributed by atoms with Crippen LogP contribution in [0.5, 0.6) is 0 Å². The highest BCUT2D eigenvalue weighted by molar-refractivity contribution is 5.85. The first-order valence-electron chi connectivity index (χ1n) is 6.36. The number of nitrogens with one attached hydrogen (secondary N) is 1. The summed E-state index contributed by atoms with van der Waals surface area (Å²) in [6.45, 7) is 1.73. The molecule has 5 heteroatoms. The smallest absolute Gasteiger partial charge is 0.328 e. The van der Waals surface area contributed by atoms with E-state index in [0.29, 0.717) is 0 Å². The van der Waals surface area contributed by atoms with Crippen molar-refractivity contribution in [2.24, 2.45) is 5.92 Å². The Hall–Kier alpha value is -2.35. The Morgan fingerprint density at radius 1 is 1.35 bits per heavy atom. The number of carbonyl (C=O) groups is 2. The lowest BCUT2D eigenvalue weighted by Crippen LogP contribution is -2.46. The van der Waals surface area contributed by atoms with Crippen LogP contribution in [-0.4, -0.2) is 25.0 Å². The molecule has 1 amide bonds. The Morgan fingerprint density at radius 3 is 2.55 bits per heavy atom. The summed E-state index contributed by atoms with van der Waals surface area (Å²) in [6.07, 6.45) is 0.360. The number of esters is 1. The second kappa shape index (κ2) is 7.95. The van der Waals surface area contributed by atoms with Crippen molar-refractivity contribution < 1.29 is 14.3 Å². The van der Waals surface area contributed by atoms with Crippen LogP contribution in [-0.2, 0) is 20.7 Å². The van der Waals surface area contributed by atoms with Gasteiger partial charge in [0.15, 0.2) is 0 Å². The van der Waals surface area contributed by atoms with Crippen LogP contribution in [0.1, 0.15) is 18.9 Å². The monoisotopic (exact) mass is 274 g/mol. The number of amides is 1. The van der Waals surface area contributed by atoms with Crippen molar-refractivity contribution in [3.05, 3.63) is 35.9 Å². The van der Waals surface area contributed by atoms with Gasteiger partial charge in [-0.2, -0.15) is 5.26 Å². The van der Waals surface area contributed by atoms with E-state index in [-0.39, 0.29) is 24.7 Å². The van der Waals surface area contributed by atoms with E-state index in [1.807, 2.05) is 36.4 Å². The number of hydrogen-bond donors (Lipinski definition) is 1. The van der Waals surface area contributed by atoms with E-state index in [0.717, 1.165) is 5.56 Å². The van der Waals surface area contributed by atoms with Crippen molar-refractivity contribution >= 4 is 11.9 Å². The quantitative estimate of drug-likeness (QED) is 0.796. The van der Waals surface area contributed by atoms with E-state index >= 15 is 0 Å². The molecule has 0 aliphatic rings. The van der Waals surface area contributed by atoms with Crippen molar-refractivity contribution in [3.8, 4) is 6.07 Å². The minimum Gasteiger partial charge on any atom is -0.467 e. The predicted molar refractivity (Wildman–Crippen MR) is 73.5 cm³/mol. The van der Waals surface area contributed by atoms with Crippen molar-refractivity contribution in [2.45, 2.75) is 25.8 Å². The Labute approximate surface area is 118 Å². The molecule has 0 aromatic heterocycles. The summed E-state index contributed by atoms with van der Waals surface area (Å²) < 4.78 is 4.67. The molecule has 0 saturated heterocycles. The third-order valence-corrected chi connectivity index (χ3v) is 2.96. The highest BCUT2D eigenvalue weighted by Crippen LogP contribution is 2.10. The maximum atomic E-state index is 12.0. The molecule has 1 rings (SSSR count). The zero-order valence-electron chi connectivity index (χ0n) is 11.6. The van der Waals surface area contributed by atoms with Gasteiger partial charge in [0, 0.05) is 12.3 Å². The van der Waals surface area contributed by atoms with Crippen LogP contribution in [0, 0.1) is 17.2 Å². The second-order valence-corrected chi connectivity index (χ2v) is 4.57. The van der Waals surface area contributed by atoms with Crippen LogP contribution >= 0.6 is 0 Å². The Bertz CT molecular complexity index is 494. The molecule has 0 unspecified atom stereocenters. The fourth-order valence-electron chi connectivity index (χ4n) is 1.83. The Kier molecular flexibility index (Phi) is 6.24. The number of hydrogen-bond acceptors (Lipinski definition) is 4. The van der Waals surface area contributed by atoms with Crippen molar-refractivity contribution in [3.63, 3.8) is 0 Å². The van der Waals surface area contributed by atoms with Crippen LogP contribution < -0.4 is 5.32 Å². The number of ether oxygens (including phenoxy) is 1. The summed E-state index contributed by atoms with van der Waals surface area (Å²) in [5.41, 5.74) is 0.863. The summed E-state index contributed by atoms with van der Waals surface area (Å²) in [7, 11) is 1.26. The van der Waals surface area contributed by atoms with Crippen LogP contribution in [0.15, 0.2) is 30.3 Å². The third-order valence-electron chi connectivity index (χ3n) is 2.96. The van der Waals surface area contributed by atoms with Gasteiger partial charge in [-0.15, -0.1) is 0 Å². The second-order valence-electron chi connectivity index (χ2n) is 4.57. The van der Waals surface area contributed by atoms with Gasteiger partial charge in [0.2, 0.25) is 5.91 Å². The number of methoxy groups -OCH3 is 1. The molecule has 0 spiro atoms. The lowest BCUT2D eigenvalue weighted by atomic mass is 9.98. The van der Waals surface area contributed by atoms with Crippen LogP contribution in [0.3, 0.4) is 0 Å². The van der Waals surface area contributed by atoms with Crippen LogP contribution in [0.2, 0.25) is 0 Å². The van der Waals surface area contributed by atoms with E-state index in [9.17, 15) is 9.59 Å². The van der Waals surface area contributed by atoms with Gasteiger partial charge in [-0.1, -0.05) is 37.3 Å². The average molecular weight is 274 g/mol. The standard InChI is InChI=1S/C15H18N2O3/c1-11(8-9-16)14(15(19)20-2)17-13(18)10-12-6-4-3-5-7-12/h3-7,11,14H,8,10H2,1-2H3,(H,17,18)/t11-,14-/m1/s1. The Morgan fingerprint density at radius 2 is 2.00 bits per heavy atom. The van der Waals surface area contributed by atoms with Gasteiger partial charge in [-0.05, 0) is 5.56 Å². The molecule has 0 aliphatic heterocycles. The fraction of sp³-hybridized carbons (Fsp3) is 0.400. The summed E-state index contributed by atoms with van der Waals surface area (Å²) in [4.78, 5) is 23.6. The van der Waals surface area contributed by atoms with Crippen molar-refractivity contribution in [1.82, 2.24) is 5.32 Å². The van der Waals surface area contributed by atoms with Crippen LogP contribution in [0.4, 0.5) is 0 Å². The summed E-state index contributed by atoms with van der Waals surface area (Å²) in [5.74, 6) is -1.10. The zero-order valence-corrected chi connectivity index (χ0v) is 11.6.